The molecule has 8 nitrogen and oxygen atoms in total. The number of methoxy groups -OCH3 is 1. The van der Waals surface area contributed by atoms with Gasteiger partial charge in [-0.25, -0.2) is 9.36 Å². The highest BCUT2D eigenvalue weighted by molar-refractivity contribution is 5.82. The van der Waals surface area contributed by atoms with Gasteiger partial charge in [-0.15, -0.1) is 0 Å². The zero-order valence-corrected chi connectivity index (χ0v) is 17.9. The second-order valence-corrected chi connectivity index (χ2v) is 7.77. The fourth-order valence-electron chi connectivity index (χ4n) is 3.94. The lowest BCUT2D eigenvalue weighted by atomic mass is 10.0. The highest BCUT2D eigenvalue weighted by atomic mass is 16.5. The summed E-state index contributed by atoms with van der Waals surface area (Å²) in [5.41, 5.74) is 0.136. The summed E-state index contributed by atoms with van der Waals surface area (Å²) >= 11 is 0. The highest BCUT2D eigenvalue weighted by Gasteiger charge is 2.20. The molecule has 0 radical (unpaired) electrons. The van der Waals surface area contributed by atoms with Crippen LogP contribution >= 0.6 is 0 Å². The van der Waals surface area contributed by atoms with E-state index < -0.39 is 17.1 Å². The third kappa shape index (κ3) is 4.65. The van der Waals surface area contributed by atoms with Gasteiger partial charge in [-0.2, -0.15) is 0 Å². The van der Waals surface area contributed by atoms with E-state index in [1.807, 2.05) is 18.2 Å². The minimum absolute atomic E-state index is 0.0486. The number of benzene rings is 2. The summed E-state index contributed by atoms with van der Waals surface area (Å²) in [5.74, 6) is -0.0702. The monoisotopic (exact) mass is 434 g/mol. The van der Waals surface area contributed by atoms with E-state index in [9.17, 15) is 14.7 Å². The zero-order valence-electron chi connectivity index (χ0n) is 17.9. The Balaban J connectivity index is 1.51. The van der Waals surface area contributed by atoms with Gasteiger partial charge in [0.1, 0.15) is 11.3 Å². The van der Waals surface area contributed by atoms with Crippen LogP contribution in [-0.4, -0.2) is 52.0 Å². The van der Waals surface area contributed by atoms with E-state index in [1.165, 1.54) is 18.9 Å². The van der Waals surface area contributed by atoms with Gasteiger partial charge in [-0.1, -0.05) is 42.5 Å². The maximum absolute atomic E-state index is 12.4. The third-order valence-corrected chi connectivity index (χ3v) is 5.67. The molecule has 0 atom stereocenters. The van der Waals surface area contributed by atoms with Gasteiger partial charge in [0.25, 0.3) is 5.56 Å². The van der Waals surface area contributed by atoms with Gasteiger partial charge in [0.2, 0.25) is 5.88 Å². The Morgan fingerprint density at radius 2 is 1.78 bits per heavy atom. The van der Waals surface area contributed by atoms with Crippen molar-refractivity contribution in [3.05, 3.63) is 86.6 Å². The average molecular weight is 434 g/mol. The molecule has 0 amide bonds. The van der Waals surface area contributed by atoms with Crippen LogP contribution < -0.4 is 16.0 Å². The lowest BCUT2D eigenvalue weighted by Crippen LogP contribution is -2.35. The molecule has 0 unspecified atom stereocenters. The molecule has 1 aliphatic heterocycles. The van der Waals surface area contributed by atoms with Crippen molar-refractivity contribution in [1.29, 1.82) is 0 Å². The summed E-state index contributed by atoms with van der Waals surface area (Å²) in [7, 11) is 1.47. The molecule has 32 heavy (non-hydrogen) atoms. The topological polar surface area (TPSA) is 99.9 Å². The van der Waals surface area contributed by atoms with Crippen molar-refractivity contribution in [1.82, 2.24) is 14.5 Å². The molecule has 8 heteroatoms. The number of piperidine rings is 1. The van der Waals surface area contributed by atoms with E-state index in [1.54, 1.807) is 24.3 Å². The number of aromatic amines is 1. The van der Waals surface area contributed by atoms with Crippen molar-refractivity contribution in [2.75, 3.05) is 20.2 Å². The molecule has 1 aromatic heterocycles. The van der Waals surface area contributed by atoms with Gasteiger partial charge in [-0.05, 0) is 30.5 Å². The molecule has 2 heterocycles. The molecule has 1 saturated heterocycles. The molecule has 3 aromatic rings. The Morgan fingerprint density at radius 3 is 2.50 bits per heavy atom. The predicted octanol–water partition coefficient (Wildman–Crippen LogP) is 2.32. The van der Waals surface area contributed by atoms with Gasteiger partial charge in [-0.3, -0.25) is 19.7 Å². The van der Waals surface area contributed by atoms with Gasteiger partial charge in [0.15, 0.2) is 0 Å². The summed E-state index contributed by atoms with van der Waals surface area (Å²) in [4.78, 5) is 34.0. The van der Waals surface area contributed by atoms with Crippen LogP contribution in [0.1, 0.15) is 24.0 Å². The lowest BCUT2D eigenvalue weighted by molar-refractivity contribution is 0.206. The van der Waals surface area contributed by atoms with Crippen LogP contribution in [0.4, 0.5) is 0 Å². The first-order valence-corrected chi connectivity index (χ1v) is 10.6. The Hall–Kier alpha value is -3.65. The molecule has 166 valence electrons. The smallest absolute Gasteiger partial charge is 0.335 e. The maximum atomic E-state index is 12.4. The number of ether oxygens (including phenoxy) is 1. The molecule has 1 aliphatic rings. The minimum atomic E-state index is -0.747. The first-order chi connectivity index (χ1) is 15.6. The molecule has 0 aliphatic carbocycles. The number of H-pyrrole nitrogens is 1. The Bertz CT molecular complexity index is 1210. The number of rotatable bonds is 6. The molecule has 0 saturated carbocycles. The van der Waals surface area contributed by atoms with Gasteiger partial charge in [0.05, 0.1) is 18.8 Å². The van der Waals surface area contributed by atoms with E-state index in [0.717, 1.165) is 37.0 Å². The molecular weight excluding hydrogens is 408 g/mol. The Labute approximate surface area is 185 Å². The van der Waals surface area contributed by atoms with Crippen LogP contribution in [0.15, 0.2) is 69.2 Å². The molecule has 0 spiro atoms. The zero-order chi connectivity index (χ0) is 22.5. The van der Waals surface area contributed by atoms with Crippen molar-refractivity contribution < 1.29 is 9.84 Å². The van der Waals surface area contributed by atoms with Crippen LogP contribution in [0, 0.1) is 0 Å². The number of aromatic hydroxyl groups is 1. The van der Waals surface area contributed by atoms with Crippen molar-refractivity contribution in [2.45, 2.75) is 25.4 Å². The predicted molar refractivity (Wildman–Crippen MR) is 123 cm³/mol. The maximum Gasteiger partial charge on any atom is 0.335 e. The lowest BCUT2D eigenvalue weighted by Gasteiger charge is -2.30. The van der Waals surface area contributed by atoms with Crippen molar-refractivity contribution >= 4 is 6.21 Å². The van der Waals surface area contributed by atoms with Crippen molar-refractivity contribution in [3.8, 4) is 17.3 Å². The second kappa shape index (κ2) is 9.65. The average Bonchev–Trinajstić information content (AvgIpc) is 2.81. The van der Waals surface area contributed by atoms with Crippen molar-refractivity contribution in [2.24, 2.45) is 4.99 Å². The van der Waals surface area contributed by atoms with Gasteiger partial charge < -0.3 is 9.84 Å². The number of hydrogen-bond donors (Lipinski definition) is 2. The van der Waals surface area contributed by atoms with Crippen LogP contribution in [0.5, 0.6) is 11.6 Å². The normalized spacial score (nSPS) is 15.3. The molecule has 4 rings (SSSR count). The van der Waals surface area contributed by atoms with E-state index in [-0.39, 0.29) is 11.6 Å². The number of hydrogen-bond acceptors (Lipinski definition) is 6. The third-order valence-electron chi connectivity index (χ3n) is 5.67. The SMILES string of the molecule is COc1ccccc1-n1c(O)c(C=NC2CCN(Cc3ccccc3)CC2)c(=O)[nH]c1=O. The van der Waals surface area contributed by atoms with E-state index in [0.29, 0.717) is 11.4 Å². The van der Waals surface area contributed by atoms with Gasteiger partial charge >= 0.3 is 5.69 Å². The molecule has 2 N–H and O–H groups in total. The molecule has 2 aromatic carbocycles. The number of aromatic nitrogens is 2. The standard InChI is InChI=1S/C24H26N4O4/c1-32-21-10-6-5-9-20(21)28-23(30)19(22(29)26-24(28)31)15-25-18-11-13-27(14-12-18)16-17-7-3-2-4-8-17/h2-10,15,18,30H,11-14,16H2,1H3,(H,26,29,31). The fraction of sp³-hybridized carbons (Fsp3) is 0.292. The number of nitrogens with one attached hydrogen (secondary N) is 1. The summed E-state index contributed by atoms with van der Waals surface area (Å²) in [6.07, 6.45) is 3.08. The van der Waals surface area contributed by atoms with Crippen LogP contribution in [-0.2, 0) is 6.54 Å². The van der Waals surface area contributed by atoms with Crippen LogP contribution in [0.25, 0.3) is 5.69 Å². The van der Waals surface area contributed by atoms with Crippen LogP contribution in [0.2, 0.25) is 0 Å². The Morgan fingerprint density at radius 1 is 1.09 bits per heavy atom. The summed E-state index contributed by atoms with van der Waals surface area (Å²) in [6.45, 7) is 2.71. The Kier molecular flexibility index (Phi) is 6.51. The summed E-state index contributed by atoms with van der Waals surface area (Å²) < 4.78 is 6.30. The second-order valence-electron chi connectivity index (χ2n) is 7.77. The van der Waals surface area contributed by atoms with Crippen molar-refractivity contribution in [3.63, 3.8) is 0 Å². The van der Waals surface area contributed by atoms with E-state index in [4.69, 9.17) is 4.74 Å². The number of para-hydroxylation sites is 2. The summed E-state index contributed by atoms with van der Waals surface area (Å²) in [5, 5.41) is 10.7. The first kappa shape index (κ1) is 21.6. The molecule has 0 bridgehead atoms. The number of likely N-dealkylation sites (tertiary alicyclic amines) is 1. The molecular formula is C24H26N4O4. The summed E-state index contributed by atoms with van der Waals surface area (Å²) in [6, 6.07) is 17.2. The van der Waals surface area contributed by atoms with E-state index in [2.05, 4.69) is 27.0 Å². The highest BCUT2D eigenvalue weighted by Crippen LogP contribution is 2.25. The van der Waals surface area contributed by atoms with Gasteiger partial charge in [0, 0.05) is 25.8 Å². The first-order valence-electron chi connectivity index (χ1n) is 10.6. The quantitative estimate of drug-likeness (QED) is 0.580. The number of aliphatic imine (C=N–C) groups is 1. The van der Waals surface area contributed by atoms with E-state index >= 15 is 0 Å². The minimum Gasteiger partial charge on any atom is -0.495 e. The molecule has 1 fully saturated rings. The fourth-order valence-corrected chi connectivity index (χ4v) is 3.94. The van der Waals surface area contributed by atoms with Crippen LogP contribution in [0.3, 0.4) is 0 Å². The number of nitrogens with zero attached hydrogens (tertiary/aromatic N) is 3. The largest absolute Gasteiger partial charge is 0.495 e.